The number of benzene rings is 2. The standard InChI is InChI=1S/C14H12N4O6/c1-24-14-5-2-9(6-13(14)19)8-15-16-11-4-3-10(17(20)21)7-12(11)18(22)23/h2-8,16,19H,1H3/b15-8+. The number of nitrogens with one attached hydrogen (secondary N) is 1. The van der Waals surface area contributed by atoms with E-state index in [-0.39, 0.29) is 11.4 Å². The van der Waals surface area contributed by atoms with Gasteiger partial charge in [-0.05, 0) is 29.8 Å². The Bertz CT molecular complexity index is 821. The molecule has 0 saturated carbocycles. The van der Waals surface area contributed by atoms with Gasteiger partial charge in [-0.2, -0.15) is 5.10 Å². The number of methoxy groups -OCH3 is 1. The maximum absolute atomic E-state index is 11.0. The molecule has 24 heavy (non-hydrogen) atoms. The number of aromatic hydroxyl groups is 1. The molecule has 0 fully saturated rings. The minimum absolute atomic E-state index is 0.000386. The molecule has 0 bridgehead atoms. The lowest BCUT2D eigenvalue weighted by Gasteiger charge is -2.04. The molecule has 0 aliphatic heterocycles. The number of ether oxygens (including phenoxy) is 1. The van der Waals surface area contributed by atoms with Crippen LogP contribution in [-0.2, 0) is 0 Å². The smallest absolute Gasteiger partial charge is 0.301 e. The number of hydrogen-bond donors (Lipinski definition) is 2. The van der Waals surface area contributed by atoms with E-state index in [4.69, 9.17) is 4.74 Å². The summed E-state index contributed by atoms with van der Waals surface area (Å²) >= 11 is 0. The summed E-state index contributed by atoms with van der Waals surface area (Å²) in [4.78, 5) is 20.2. The second-order valence-electron chi connectivity index (χ2n) is 4.52. The first-order valence-electron chi connectivity index (χ1n) is 6.51. The van der Waals surface area contributed by atoms with Gasteiger partial charge in [-0.1, -0.05) is 0 Å². The van der Waals surface area contributed by atoms with Crippen molar-refractivity contribution in [3.05, 3.63) is 62.2 Å². The fourth-order valence-corrected chi connectivity index (χ4v) is 1.84. The maximum Gasteiger partial charge on any atom is 0.301 e. The van der Waals surface area contributed by atoms with E-state index >= 15 is 0 Å². The SMILES string of the molecule is COc1ccc(/C=N/Nc2ccc([N+](=O)[O-])cc2[N+](=O)[O-])cc1O. The van der Waals surface area contributed by atoms with E-state index < -0.39 is 21.2 Å². The Morgan fingerprint density at radius 3 is 2.50 bits per heavy atom. The molecule has 0 amide bonds. The molecular weight excluding hydrogens is 320 g/mol. The highest BCUT2D eigenvalue weighted by Crippen LogP contribution is 2.29. The van der Waals surface area contributed by atoms with E-state index in [2.05, 4.69) is 10.5 Å². The van der Waals surface area contributed by atoms with Crippen LogP contribution in [0.2, 0.25) is 0 Å². The number of non-ortho nitro benzene ring substituents is 1. The molecule has 0 spiro atoms. The average Bonchev–Trinajstić information content (AvgIpc) is 2.55. The summed E-state index contributed by atoms with van der Waals surface area (Å²) in [5.74, 6) is 0.217. The number of anilines is 1. The van der Waals surface area contributed by atoms with Crippen molar-refractivity contribution in [3.8, 4) is 11.5 Å². The number of nitro groups is 2. The van der Waals surface area contributed by atoms with E-state index in [1.807, 2.05) is 0 Å². The summed E-state index contributed by atoms with van der Waals surface area (Å²) in [6, 6.07) is 7.72. The van der Waals surface area contributed by atoms with Crippen molar-refractivity contribution in [3.63, 3.8) is 0 Å². The zero-order valence-corrected chi connectivity index (χ0v) is 12.4. The van der Waals surface area contributed by atoms with Crippen LogP contribution in [0.1, 0.15) is 5.56 Å². The zero-order chi connectivity index (χ0) is 17.7. The van der Waals surface area contributed by atoms with Gasteiger partial charge in [-0.3, -0.25) is 25.7 Å². The first-order chi connectivity index (χ1) is 11.4. The predicted octanol–water partition coefficient (Wildman–Crippen LogP) is 2.66. The van der Waals surface area contributed by atoms with Crippen LogP contribution >= 0.6 is 0 Å². The molecule has 124 valence electrons. The van der Waals surface area contributed by atoms with Gasteiger partial charge in [0.05, 0.1) is 29.2 Å². The quantitative estimate of drug-likeness (QED) is 0.470. The maximum atomic E-state index is 11.0. The molecule has 0 radical (unpaired) electrons. The molecule has 0 aromatic heterocycles. The Morgan fingerprint density at radius 2 is 1.92 bits per heavy atom. The van der Waals surface area contributed by atoms with Crippen LogP contribution in [0.25, 0.3) is 0 Å². The Morgan fingerprint density at radius 1 is 1.17 bits per heavy atom. The van der Waals surface area contributed by atoms with Gasteiger partial charge in [0.1, 0.15) is 5.69 Å². The highest BCUT2D eigenvalue weighted by Gasteiger charge is 2.19. The summed E-state index contributed by atoms with van der Waals surface area (Å²) in [6.07, 6.45) is 1.32. The number of phenolic OH excluding ortho intramolecular Hbond substituents is 1. The summed E-state index contributed by atoms with van der Waals surface area (Å²) in [5, 5.41) is 35.1. The molecule has 0 atom stereocenters. The fourth-order valence-electron chi connectivity index (χ4n) is 1.84. The van der Waals surface area contributed by atoms with Crippen LogP contribution in [0.4, 0.5) is 17.1 Å². The molecule has 0 unspecified atom stereocenters. The number of nitrogens with zero attached hydrogens (tertiary/aromatic N) is 3. The molecule has 2 aromatic carbocycles. The minimum atomic E-state index is -0.746. The molecule has 2 rings (SSSR count). The first-order valence-corrected chi connectivity index (χ1v) is 6.51. The molecule has 10 nitrogen and oxygen atoms in total. The molecular formula is C14H12N4O6. The van der Waals surface area contributed by atoms with E-state index in [1.54, 1.807) is 6.07 Å². The monoisotopic (exact) mass is 332 g/mol. The van der Waals surface area contributed by atoms with Gasteiger partial charge in [-0.25, -0.2) is 0 Å². The molecule has 2 aromatic rings. The van der Waals surface area contributed by atoms with Crippen LogP contribution in [-0.4, -0.2) is 28.3 Å². The van der Waals surface area contributed by atoms with Crippen molar-refractivity contribution in [1.29, 1.82) is 0 Å². The molecule has 0 aliphatic rings. The lowest BCUT2D eigenvalue weighted by molar-refractivity contribution is -0.393. The molecule has 0 heterocycles. The number of rotatable bonds is 6. The van der Waals surface area contributed by atoms with E-state index in [1.165, 1.54) is 31.5 Å². The van der Waals surface area contributed by atoms with Gasteiger partial charge >= 0.3 is 5.69 Å². The van der Waals surface area contributed by atoms with Crippen molar-refractivity contribution in [2.24, 2.45) is 5.10 Å². The Balaban J connectivity index is 2.20. The largest absolute Gasteiger partial charge is 0.504 e. The molecule has 0 saturated heterocycles. The first kappa shape index (κ1) is 16.7. The van der Waals surface area contributed by atoms with Crippen molar-refractivity contribution in [2.45, 2.75) is 0 Å². The van der Waals surface area contributed by atoms with Gasteiger partial charge in [0, 0.05) is 6.07 Å². The second kappa shape index (κ2) is 7.05. The summed E-state index contributed by atoms with van der Waals surface area (Å²) in [7, 11) is 1.41. The third-order valence-electron chi connectivity index (χ3n) is 2.99. The lowest BCUT2D eigenvalue weighted by Crippen LogP contribution is -1.98. The summed E-state index contributed by atoms with van der Waals surface area (Å²) in [5.41, 5.74) is 2.10. The highest BCUT2D eigenvalue weighted by molar-refractivity contribution is 5.81. The topological polar surface area (TPSA) is 140 Å². The van der Waals surface area contributed by atoms with Crippen molar-refractivity contribution in [1.82, 2.24) is 0 Å². The Labute approximate surface area is 135 Å². The number of hydrazone groups is 1. The van der Waals surface area contributed by atoms with Gasteiger partial charge < -0.3 is 9.84 Å². The van der Waals surface area contributed by atoms with Crippen LogP contribution in [0, 0.1) is 20.2 Å². The second-order valence-corrected chi connectivity index (χ2v) is 4.52. The van der Waals surface area contributed by atoms with E-state index in [0.29, 0.717) is 11.3 Å². The fraction of sp³-hybridized carbons (Fsp3) is 0.0714. The van der Waals surface area contributed by atoms with Crippen LogP contribution in [0.3, 0.4) is 0 Å². The lowest BCUT2D eigenvalue weighted by atomic mass is 10.2. The normalized spacial score (nSPS) is 10.5. The van der Waals surface area contributed by atoms with E-state index in [9.17, 15) is 25.3 Å². The highest BCUT2D eigenvalue weighted by atomic mass is 16.6. The van der Waals surface area contributed by atoms with Crippen LogP contribution in [0.5, 0.6) is 11.5 Å². The average molecular weight is 332 g/mol. The van der Waals surface area contributed by atoms with Crippen molar-refractivity contribution >= 4 is 23.3 Å². The molecule has 2 N–H and O–H groups in total. The summed E-state index contributed by atoms with van der Waals surface area (Å²) in [6.45, 7) is 0. The van der Waals surface area contributed by atoms with Crippen LogP contribution in [0.15, 0.2) is 41.5 Å². The number of phenols is 1. The summed E-state index contributed by atoms with van der Waals surface area (Å²) < 4.78 is 4.91. The van der Waals surface area contributed by atoms with Crippen LogP contribution < -0.4 is 10.2 Å². The van der Waals surface area contributed by atoms with E-state index in [0.717, 1.165) is 12.1 Å². The Kier molecular flexibility index (Phi) is 4.90. The zero-order valence-electron chi connectivity index (χ0n) is 12.4. The Hall–Kier alpha value is -3.69. The van der Waals surface area contributed by atoms with Crippen molar-refractivity contribution < 1.29 is 19.7 Å². The predicted molar refractivity (Wildman–Crippen MR) is 85.6 cm³/mol. The third kappa shape index (κ3) is 3.74. The van der Waals surface area contributed by atoms with Gasteiger partial charge in [0.15, 0.2) is 11.5 Å². The molecule has 10 heteroatoms. The number of nitro benzene ring substituents is 2. The minimum Gasteiger partial charge on any atom is -0.504 e. The van der Waals surface area contributed by atoms with Crippen molar-refractivity contribution in [2.75, 3.05) is 12.5 Å². The van der Waals surface area contributed by atoms with Gasteiger partial charge in [0.25, 0.3) is 5.69 Å². The van der Waals surface area contributed by atoms with Gasteiger partial charge in [0.2, 0.25) is 0 Å². The number of hydrogen-bond acceptors (Lipinski definition) is 8. The third-order valence-corrected chi connectivity index (χ3v) is 2.99. The molecule has 0 aliphatic carbocycles. The van der Waals surface area contributed by atoms with Gasteiger partial charge in [-0.15, -0.1) is 0 Å².